The van der Waals surface area contributed by atoms with E-state index in [0.717, 1.165) is 5.56 Å². The Morgan fingerprint density at radius 2 is 1.95 bits per heavy atom. The Labute approximate surface area is 111 Å². The number of nitrogens with one attached hydrogen (secondary N) is 1. The molecule has 1 aliphatic carbocycles. The number of hydrogen-bond donors (Lipinski definition) is 3. The molecular weight excluding hydrogens is 244 g/mol. The Morgan fingerprint density at radius 3 is 2.47 bits per heavy atom. The highest BCUT2D eigenvalue weighted by molar-refractivity contribution is 5.92. The van der Waals surface area contributed by atoms with Crippen LogP contribution in [0.4, 0.5) is 0 Å². The Balaban J connectivity index is 1.89. The molecule has 1 aromatic carbocycles. The number of rotatable bonds is 6. The molecule has 1 atom stereocenters. The van der Waals surface area contributed by atoms with Crippen molar-refractivity contribution in [3.8, 4) is 0 Å². The van der Waals surface area contributed by atoms with Crippen LogP contribution in [0.25, 0.3) is 0 Å². The van der Waals surface area contributed by atoms with Crippen LogP contribution in [0.1, 0.15) is 24.8 Å². The number of carboxylic acids is 1. The van der Waals surface area contributed by atoms with E-state index in [1.54, 1.807) is 0 Å². The number of carboxylic acid groups (broad SMARTS) is 1. The van der Waals surface area contributed by atoms with Gasteiger partial charge in [-0.05, 0) is 31.2 Å². The summed E-state index contributed by atoms with van der Waals surface area (Å²) in [4.78, 5) is 22.9. The van der Waals surface area contributed by atoms with Gasteiger partial charge in [0.25, 0.3) is 0 Å². The first-order valence-electron chi connectivity index (χ1n) is 6.38. The van der Waals surface area contributed by atoms with Crippen molar-refractivity contribution in [3.63, 3.8) is 0 Å². The van der Waals surface area contributed by atoms with Gasteiger partial charge in [0.15, 0.2) is 0 Å². The molecule has 1 amide bonds. The summed E-state index contributed by atoms with van der Waals surface area (Å²) in [5.41, 5.74) is 5.96. The van der Waals surface area contributed by atoms with Crippen molar-refractivity contribution in [2.45, 2.75) is 37.3 Å². The number of aryl methyl sites for hydroxylation is 1. The van der Waals surface area contributed by atoms with Crippen LogP contribution in [-0.4, -0.2) is 28.6 Å². The van der Waals surface area contributed by atoms with E-state index in [1.807, 2.05) is 30.3 Å². The lowest BCUT2D eigenvalue weighted by Crippen LogP contribution is -2.50. The summed E-state index contributed by atoms with van der Waals surface area (Å²) in [6, 6.07) is 8.71. The van der Waals surface area contributed by atoms with Crippen LogP contribution in [0, 0.1) is 0 Å². The lowest BCUT2D eigenvalue weighted by atomic mass is 10.0. The van der Waals surface area contributed by atoms with Gasteiger partial charge in [0.05, 0.1) is 5.54 Å². The van der Waals surface area contributed by atoms with Crippen molar-refractivity contribution in [2.24, 2.45) is 5.73 Å². The van der Waals surface area contributed by atoms with Crippen molar-refractivity contribution in [2.75, 3.05) is 0 Å². The second kappa shape index (κ2) is 5.40. The second-order valence-electron chi connectivity index (χ2n) is 5.04. The zero-order valence-electron chi connectivity index (χ0n) is 10.6. The van der Waals surface area contributed by atoms with E-state index in [-0.39, 0.29) is 5.91 Å². The molecule has 0 saturated heterocycles. The number of aliphatic carboxylic acids is 1. The summed E-state index contributed by atoms with van der Waals surface area (Å²) in [6.45, 7) is 0. The van der Waals surface area contributed by atoms with Crippen LogP contribution in [0.15, 0.2) is 30.3 Å². The molecule has 0 unspecified atom stereocenters. The average Bonchev–Trinajstić information content (AvgIpc) is 3.14. The lowest BCUT2D eigenvalue weighted by molar-refractivity contribution is -0.142. The van der Waals surface area contributed by atoms with Gasteiger partial charge < -0.3 is 16.2 Å². The van der Waals surface area contributed by atoms with Gasteiger partial charge in [0, 0.05) is 0 Å². The molecule has 0 bridgehead atoms. The topological polar surface area (TPSA) is 92.4 Å². The summed E-state index contributed by atoms with van der Waals surface area (Å²) in [5.74, 6) is -1.37. The average molecular weight is 262 g/mol. The summed E-state index contributed by atoms with van der Waals surface area (Å²) in [6.07, 6.45) is 2.23. The minimum atomic E-state index is -1.02. The molecule has 4 N–H and O–H groups in total. The number of nitrogens with two attached hydrogens (primary N) is 1. The molecule has 5 heteroatoms. The van der Waals surface area contributed by atoms with E-state index in [0.29, 0.717) is 25.7 Å². The zero-order valence-corrected chi connectivity index (χ0v) is 10.6. The molecule has 1 aromatic rings. The number of benzene rings is 1. The first-order chi connectivity index (χ1) is 9.01. The van der Waals surface area contributed by atoms with Crippen molar-refractivity contribution in [1.82, 2.24) is 5.32 Å². The quantitative estimate of drug-likeness (QED) is 0.703. The SMILES string of the molecule is NC1(C(=O)N[C@@H](CCc2ccccc2)C(=O)O)CC1. The van der Waals surface area contributed by atoms with Gasteiger partial charge in [0.2, 0.25) is 5.91 Å². The van der Waals surface area contributed by atoms with E-state index in [9.17, 15) is 9.59 Å². The molecule has 1 fully saturated rings. The third-order valence-electron chi connectivity index (χ3n) is 3.41. The van der Waals surface area contributed by atoms with Crippen molar-refractivity contribution < 1.29 is 14.7 Å². The third-order valence-corrected chi connectivity index (χ3v) is 3.41. The number of amides is 1. The zero-order chi connectivity index (χ0) is 13.9. The van der Waals surface area contributed by atoms with Crippen LogP contribution in [0.2, 0.25) is 0 Å². The van der Waals surface area contributed by atoms with Gasteiger partial charge in [-0.2, -0.15) is 0 Å². The molecule has 0 spiro atoms. The second-order valence-corrected chi connectivity index (χ2v) is 5.04. The maximum absolute atomic E-state index is 11.8. The van der Waals surface area contributed by atoms with Gasteiger partial charge >= 0.3 is 5.97 Å². The first kappa shape index (κ1) is 13.5. The van der Waals surface area contributed by atoms with Gasteiger partial charge in [-0.25, -0.2) is 4.79 Å². The lowest BCUT2D eigenvalue weighted by Gasteiger charge is -2.17. The molecule has 0 aliphatic heterocycles. The number of carbonyl (C=O) groups excluding carboxylic acids is 1. The molecule has 0 radical (unpaired) electrons. The van der Waals surface area contributed by atoms with E-state index >= 15 is 0 Å². The third kappa shape index (κ3) is 3.54. The molecule has 0 aromatic heterocycles. The van der Waals surface area contributed by atoms with Gasteiger partial charge in [-0.15, -0.1) is 0 Å². The van der Waals surface area contributed by atoms with Gasteiger partial charge in [-0.3, -0.25) is 4.79 Å². The van der Waals surface area contributed by atoms with Gasteiger partial charge in [0.1, 0.15) is 6.04 Å². The van der Waals surface area contributed by atoms with Crippen molar-refractivity contribution in [1.29, 1.82) is 0 Å². The Hall–Kier alpha value is -1.88. The van der Waals surface area contributed by atoms with Crippen LogP contribution >= 0.6 is 0 Å². The number of hydrogen-bond acceptors (Lipinski definition) is 3. The molecule has 1 saturated carbocycles. The van der Waals surface area contributed by atoms with E-state index in [2.05, 4.69) is 5.32 Å². The molecular formula is C14H18N2O3. The molecule has 19 heavy (non-hydrogen) atoms. The Kier molecular flexibility index (Phi) is 3.85. The minimum absolute atomic E-state index is 0.354. The first-order valence-corrected chi connectivity index (χ1v) is 6.38. The monoisotopic (exact) mass is 262 g/mol. The predicted molar refractivity (Wildman–Crippen MR) is 70.5 cm³/mol. The van der Waals surface area contributed by atoms with E-state index in [1.165, 1.54) is 0 Å². The molecule has 102 valence electrons. The van der Waals surface area contributed by atoms with E-state index < -0.39 is 17.6 Å². The predicted octanol–water partition coefficient (Wildman–Crippen LogP) is 0.680. The minimum Gasteiger partial charge on any atom is -0.480 e. The maximum Gasteiger partial charge on any atom is 0.326 e. The highest BCUT2D eigenvalue weighted by Crippen LogP contribution is 2.32. The standard InChI is InChI=1S/C14H18N2O3/c15-14(8-9-14)13(19)16-11(12(17)18)7-6-10-4-2-1-3-5-10/h1-5,11H,6-9,15H2,(H,16,19)(H,17,18)/t11-/m0/s1. The summed E-state index contributed by atoms with van der Waals surface area (Å²) in [5, 5.41) is 11.7. The molecule has 0 heterocycles. The van der Waals surface area contributed by atoms with Crippen LogP contribution < -0.4 is 11.1 Å². The fourth-order valence-electron chi connectivity index (χ4n) is 1.88. The van der Waals surface area contributed by atoms with Crippen LogP contribution in [-0.2, 0) is 16.0 Å². The largest absolute Gasteiger partial charge is 0.480 e. The summed E-state index contributed by atoms with van der Waals surface area (Å²) in [7, 11) is 0. The Morgan fingerprint density at radius 1 is 1.32 bits per heavy atom. The fraction of sp³-hybridized carbons (Fsp3) is 0.429. The maximum atomic E-state index is 11.8. The van der Waals surface area contributed by atoms with Crippen molar-refractivity contribution in [3.05, 3.63) is 35.9 Å². The summed E-state index contributed by atoms with van der Waals surface area (Å²) >= 11 is 0. The van der Waals surface area contributed by atoms with E-state index in [4.69, 9.17) is 10.8 Å². The number of carbonyl (C=O) groups is 2. The highest BCUT2D eigenvalue weighted by atomic mass is 16.4. The Bertz CT molecular complexity index is 469. The molecule has 1 aliphatic rings. The summed E-state index contributed by atoms with van der Waals surface area (Å²) < 4.78 is 0. The highest BCUT2D eigenvalue weighted by Gasteiger charge is 2.46. The van der Waals surface area contributed by atoms with Crippen LogP contribution in [0.5, 0.6) is 0 Å². The molecule has 5 nitrogen and oxygen atoms in total. The normalized spacial score (nSPS) is 17.5. The smallest absolute Gasteiger partial charge is 0.326 e. The van der Waals surface area contributed by atoms with Crippen molar-refractivity contribution >= 4 is 11.9 Å². The fourth-order valence-corrected chi connectivity index (χ4v) is 1.88. The van der Waals surface area contributed by atoms with Crippen LogP contribution in [0.3, 0.4) is 0 Å². The molecule has 2 rings (SSSR count). The van der Waals surface area contributed by atoms with Gasteiger partial charge in [-0.1, -0.05) is 30.3 Å².